The molecule has 1 atom stereocenters. The second-order valence-corrected chi connectivity index (χ2v) is 7.95. The minimum atomic E-state index is -0.536. The number of hydrogen-bond acceptors (Lipinski definition) is 4. The Morgan fingerprint density at radius 3 is 2.76 bits per heavy atom. The van der Waals surface area contributed by atoms with Gasteiger partial charge in [-0.1, -0.05) is 26.2 Å². The molecule has 0 saturated heterocycles. The van der Waals surface area contributed by atoms with Crippen molar-refractivity contribution in [3.05, 3.63) is 18.2 Å². The summed E-state index contributed by atoms with van der Waals surface area (Å²) in [6.45, 7) is 4.35. The third-order valence-corrected chi connectivity index (χ3v) is 5.51. The van der Waals surface area contributed by atoms with Crippen LogP contribution >= 0.6 is 11.8 Å². The number of aromatic amines is 1. The summed E-state index contributed by atoms with van der Waals surface area (Å²) in [6.07, 6.45) is 9.51. The molecule has 1 saturated carbocycles. The SMILES string of the molecule is CCSCCN(C(=O)[C@H](Cc1cnc[nH]1)NC(C)=O)C1CCCCC1. The van der Waals surface area contributed by atoms with Crippen molar-refractivity contribution in [2.24, 2.45) is 0 Å². The van der Waals surface area contributed by atoms with Crippen LogP contribution in [0.2, 0.25) is 0 Å². The van der Waals surface area contributed by atoms with E-state index in [1.165, 1.54) is 26.2 Å². The Labute approximate surface area is 154 Å². The highest BCUT2D eigenvalue weighted by molar-refractivity contribution is 7.99. The molecule has 2 N–H and O–H groups in total. The van der Waals surface area contributed by atoms with Gasteiger partial charge in [0.15, 0.2) is 0 Å². The zero-order valence-corrected chi connectivity index (χ0v) is 16.1. The highest BCUT2D eigenvalue weighted by atomic mass is 32.2. The largest absolute Gasteiger partial charge is 0.348 e. The van der Waals surface area contributed by atoms with Crippen LogP contribution in [0, 0.1) is 0 Å². The number of amides is 2. The molecule has 0 bridgehead atoms. The van der Waals surface area contributed by atoms with Crippen molar-refractivity contribution in [2.45, 2.75) is 64.5 Å². The Morgan fingerprint density at radius 1 is 1.40 bits per heavy atom. The van der Waals surface area contributed by atoms with Crippen molar-refractivity contribution in [1.82, 2.24) is 20.2 Å². The van der Waals surface area contributed by atoms with E-state index in [4.69, 9.17) is 0 Å². The Hall–Kier alpha value is -1.50. The van der Waals surface area contributed by atoms with Gasteiger partial charge in [0, 0.05) is 43.6 Å². The molecule has 1 aliphatic carbocycles. The molecule has 1 aromatic heterocycles. The summed E-state index contributed by atoms with van der Waals surface area (Å²) in [4.78, 5) is 34.0. The third-order valence-electron chi connectivity index (χ3n) is 4.63. The molecule has 1 fully saturated rings. The summed E-state index contributed by atoms with van der Waals surface area (Å²) in [5, 5.41) is 2.84. The van der Waals surface area contributed by atoms with Crippen LogP contribution in [0.5, 0.6) is 0 Å². The summed E-state index contributed by atoms with van der Waals surface area (Å²) < 4.78 is 0. The molecule has 0 radical (unpaired) electrons. The van der Waals surface area contributed by atoms with Gasteiger partial charge in [0.1, 0.15) is 6.04 Å². The van der Waals surface area contributed by atoms with Crippen LogP contribution in [0.4, 0.5) is 0 Å². The van der Waals surface area contributed by atoms with Crippen molar-refractivity contribution in [1.29, 1.82) is 0 Å². The van der Waals surface area contributed by atoms with E-state index in [1.54, 1.807) is 12.5 Å². The van der Waals surface area contributed by atoms with Crippen molar-refractivity contribution in [3.8, 4) is 0 Å². The van der Waals surface area contributed by atoms with E-state index >= 15 is 0 Å². The Kier molecular flexibility index (Phi) is 8.31. The molecule has 6 nitrogen and oxygen atoms in total. The van der Waals surface area contributed by atoms with Gasteiger partial charge in [-0.05, 0) is 18.6 Å². The second-order valence-electron chi connectivity index (χ2n) is 6.55. The average Bonchev–Trinajstić information content (AvgIpc) is 3.11. The van der Waals surface area contributed by atoms with Crippen LogP contribution in [-0.4, -0.2) is 56.8 Å². The van der Waals surface area contributed by atoms with E-state index in [1.807, 2.05) is 16.7 Å². The van der Waals surface area contributed by atoms with Crippen molar-refractivity contribution >= 4 is 23.6 Å². The molecular formula is C18H30N4O2S. The van der Waals surface area contributed by atoms with Gasteiger partial charge in [-0.2, -0.15) is 11.8 Å². The lowest BCUT2D eigenvalue weighted by molar-refractivity contribution is -0.138. The fraction of sp³-hybridized carbons (Fsp3) is 0.722. The van der Waals surface area contributed by atoms with Crippen molar-refractivity contribution in [2.75, 3.05) is 18.1 Å². The number of aromatic nitrogens is 2. The first kappa shape index (κ1) is 19.8. The summed E-state index contributed by atoms with van der Waals surface area (Å²) in [5.74, 6) is 1.85. The standard InChI is InChI=1S/C18H30N4O2S/c1-3-25-10-9-22(16-7-5-4-6-8-16)18(24)17(21-14(2)23)11-15-12-19-13-20-15/h12-13,16-17H,3-11H2,1-2H3,(H,19,20)(H,21,23)/t17-/m0/s1. The van der Waals surface area contributed by atoms with Gasteiger partial charge in [0.05, 0.1) is 6.33 Å². The van der Waals surface area contributed by atoms with Gasteiger partial charge < -0.3 is 15.2 Å². The predicted octanol–water partition coefficient (Wildman–Crippen LogP) is 2.37. The number of hydrogen-bond donors (Lipinski definition) is 2. The Morgan fingerprint density at radius 2 is 2.16 bits per heavy atom. The summed E-state index contributed by atoms with van der Waals surface area (Å²) in [7, 11) is 0. The van der Waals surface area contributed by atoms with E-state index in [-0.39, 0.29) is 11.8 Å². The number of H-pyrrole nitrogens is 1. The van der Waals surface area contributed by atoms with Gasteiger partial charge in [-0.3, -0.25) is 9.59 Å². The van der Waals surface area contributed by atoms with Crippen LogP contribution in [0.15, 0.2) is 12.5 Å². The molecule has 25 heavy (non-hydrogen) atoms. The Balaban J connectivity index is 2.11. The smallest absolute Gasteiger partial charge is 0.245 e. The number of rotatable bonds is 9. The first-order valence-electron chi connectivity index (χ1n) is 9.24. The zero-order chi connectivity index (χ0) is 18.1. The van der Waals surface area contributed by atoms with Gasteiger partial charge in [0.2, 0.25) is 11.8 Å². The molecule has 7 heteroatoms. The minimum Gasteiger partial charge on any atom is -0.348 e. The highest BCUT2D eigenvalue weighted by Crippen LogP contribution is 2.24. The monoisotopic (exact) mass is 366 g/mol. The van der Waals surface area contributed by atoms with E-state index in [9.17, 15) is 9.59 Å². The normalized spacial score (nSPS) is 16.4. The molecule has 140 valence electrons. The topological polar surface area (TPSA) is 78.1 Å². The molecule has 1 aliphatic rings. The van der Waals surface area contributed by atoms with E-state index < -0.39 is 6.04 Å². The highest BCUT2D eigenvalue weighted by Gasteiger charge is 2.31. The molecule has 2 amide bonds. The fourth-order valence-corrected chi connectivity index (χ4v) is 4.05. The first-order valence-corrected chi connectivity index (χ1v) is 10.4. The van der Waals surface area contributed by atoms with Gasteiger partial charge in [0.25, 0.3) is 0 Å². The summed E-state index contributed by atoms with van der Waals surface area (Å²) >= 11 is 1.85. The predicted molar refractivity (Wildman–Crippen MR) is 101 cm³/mol. The molecule has 0 spiro atoms. The van der Waals surface area contributed by atoms with Gasteiger partial charge in [-0.25, -0.2) is 4.98 Å². The molecule has 0 aromatic carbocycles. The van der Waals surface area contributed by atoms with Gasteiger partial charge >= 0.3 is 0 Å². The van der Waals surface area contributed by atoms with Gasteiger partial charge in [-0.15, -0.1) is 0 Å². The van der Waals surface area contributed by atoms with Crippen molar-refractivity contribution < 1.29 is 9.59 Å². The maximum Gasteiger partial charge on any atom is 0.245 e. The van der Waals surface area contributed by atoms with Crippen molar-refractivity contribution in [3.63, 3.8) is 0 Å². The number of carbonyl (C=O) groups excluding carboxylic acids is 2. The lowest BCUT2D eigenvalue weighted by Crippen LogP contribution is -2.53. The fourth-order valence-electron chi connectivity index (χ4n) is 3.43. The molecule has 1 heterocycles. The lowest BCUT2D eigenvalue weighted by Gasteiger charge is -2.36. The average molecular weight is 367 g/mol. The second kappa shape index (κ2) is 10.5. The minimum absolute atomic E-state index is 0.0356. The quantitative estimate of drug-likeness (QED) is 0.658. The maximum absolute atomic E-state index is 13.3. The summed E-state index contributed by atoms with van der Waals surface area (Å²) in [5.41, 5.74) is 0.860. The molecular weight excluding hydrogens is 336 g/mol. The molecule has 0 unspecified atom stereocenters. The number of carbonyl (C=O) groups is 2. The first-order chi connectivity index (χ1) is 12.1. The van der Waals surface area contributed by atoms with E-state index in [0.717, 1.165) is 36.6 Å². The lowest BCUT2D eigenvalue weighted by atomic mass is 9.93. The summed E-state index contributed by atoms with van der Waals surface area (Å²) in [6, 6.07) is -0.233. The van der Waals surface area contributed by atoms with E-state index in [0.29, 0.717) is 12.5 Å². The number of thioether (sulfide) groups is 1. The van der Waals surface area contributed by atoms with Crippen LogP contribution in [-0.2, 0) is 16.0 Å². The zero-order valence-electron chi connectivity index (χ0n) is 15.3. The van der Waals surface area contributed by atoms with Crippen LogP contribution in [0.25, 0.3) is 0 Å². The van der Waals surface area contributed by atoms with Crippen LogP contribution in [0.1, 0.15) is 51.6 Å². The molecule has 2 rings (SSSR count). The Bertz CT molecular complexity index is 529. The molecule has 1 aromatic rings. The van der Waals surface area contributed by atoms with Crippen LogP contribution in [0.3, 0.4) is 0 Å². The van der Waals surface area contributed by atoms with Crippen LogP contribution < -0.4 is 5.32 Å². The number of imidazole rings is 1. The number of nitrogens with one attached hydrogen (secondary N) is 2. The maximum atomic E-state index is 13.3. The molecule has 0 aliphatic heterocycles. The number of nitrogens with zero attached hydrogens (tertiary/aromatic N) is 2. The third kappa shape index (κ3) is 6.38. The van der Waals surface area contributed by atoms with E-state index in [2.05, 4.69) is 22.2 Å².